The first-order valence-corrected chi connectivity index (χ1v) is 8.72. The minimum atomic E-state index is -0.468. The quantitative estimate of drug-likeness (QED) is 0.780. The molecule has 8 heteroatoms. The number of nitrogens with one attached hydrogen (secondary N) is 2. The van der Waals surface area contributed by atoms with Crippen LogP contribution in [0.5, 0.6) is 0 Å². The van der Waals surface area contributed by atoms with Crippen LogP contribution in [0.15, 0.2) is 30.6 Å². The van der Waals surface area contributed by atoms with Gasteiger partial charge in [0, 0.05) is 12.1 Å². The number of esters is 1. The fourth-order valence-electron chi connectivity index (χ4n) is 2.88. The van der Waals surface area contributed by atoms with Crippen molar-refractivity contribution in [3.05, 3.63) is 46.9 Å². The highest BCUT2D eigenvalue weighted by molar-refractivity contribution is 6.33. The predicted molar refractivity (Wildman–Crippen MR) is 97.8 cm³/mol. The van der Waals surface area contributed by atoms with Gasteiger partial charge in [-0.25, -0.2) is 14.8 Å². The summed E-state index contributed by atoms with van der Waals surface area (Å²) in [7, 11) is 1.31. The fraction of sp³-hybridized carbons (Fsp3) is 0.333. The molecule has 7 nitrogen and oxygen atoms in total. The number of carbonyl (C=O) groups excluding carboxylic acids is 2. The number of hydrogen-bond acceptors (Lipinski definition) is 6. The molecule has 1 fully saturated rings. The maximum absolute atomic E-state index is 12.3. The van der Waals surface area contributed by atoms with E-state index < -0.39 is 5.97 Å². The Bertz CT molecular complexity index is 822. The van der Waals surface area contributed by atoms with Crippen LogP contribution in [0, 0.1) is 0 Å². The number of aromatic nitrogens is 2. The molecule has 1 aliphatic carbocycles. The van der Waals surface area contributed by atoms with Crippen LogP contribution < -0.4 is 10.6 Å². The maximum Gasteiger partial charge on any atom is 0.337 e. The zero-order valence-electron chi connectivity index (χ0n) is 14.3. The van der Waals surface area contributed by atoms with Crippen molar-refractivity contribution < 1.29 is 14.3 Å². The van der Waals surface area contributed by atoms with Crippen molar-refractivity contribution in [1.29, 1.82) is 0 Å². The van der Waals surface area contributed by atoms with E-state index in [0.29, 0.717) is 22.1 Å². The fourth-order valence-corrected chi connectivity index (χ4v) is 3.05. The van der Waals surface area contributed by atoms with Crippen molar-refractivity contribution >= 4 is 35.0 Å². The van der Waals surface area contributed by atoms with Crippen molar-refractivity contribution in [1.82, 2.24) is 15.3 Å². The first kappa shape index (κ1) is 18.1. The van der Waals surface area contributed by atoms with E-state index in [-0.39, 0.29) is 17.6 Å². The van der Waals surface area contributed by atoms with E-state index in [0.717, 1.165) is 25.7 Å². The third kappa shape index (κ3) is 4.29. The van der Waals surface area contributed by atoms with Gasteiger partial charge >= 0.3 is 5.97 Å². The molecule has 3 rings (SSSR count). The molecule has 1 saturated carbocycles. The number of hydrogen-bond donors (Lipinski definition) is 2. The van der Waals surface area contributed by atoms with E-state index >= 15 is 0 Å². The Balaban J connectivity index is 1.76. The standard InChI is InChI=1S/C18H19ClN4O3/c1-26-18(25)11-6-7-13(19)14(8-11)23-16-9-15(20-10-21-16)17(24)22-12-4-2-3-5-12/h6-10,12H,2-5H2,1H3,(H,22,24)(H,20,21,23). The molecule has 1 aromatic heterocycles. The summed E-state index contributed by atoms with van der Waals surface area (Å²) in [5, 5.41) is 6.41. The van der Waals surface area contributed by atoms with Crippen LogP contribution in [0.2, 0.25) is 5.02 Å². The molecule has 0 spiro atoms. The molecule has 2 N–H and O–H groups in total. The SMILES string of the molecule is COC(=O)c1ccc(Cl)c(Nc2cc(C(=O)NC3CCCC3)ncn2)c1. The molecule has 0 atom stereocenters. The molecule has 0 bridgehead atoms. The molecular weight excluding hydrogens is 356 g/mol. The number of amides is 1. The molecule has 1 aromatic carbocycles. The zero-order chi connectivity index (χ0) is 18.5. The summed E-state index contributed by atoms with van der Waals surface area (Å²) in [6.07, 6.45) is 5.58. The van der Waals surface area contributed by atoms with Gasteiger partial charge in [-0.05, 0) is 31.0 Å². The molecule has 2 aromatic rings. The lowest BCUT2D eigenvalue weighted by atomic mass is 10.2. The van der Waals surface area contributed by atoms with Gasteiger partial charge in [0.05, 0.1) is 23.4 Å². The Morgan fingerprint density at radius 2 is 1.96 bits per heavy atom. The number of carbonyl (C=O) groups is 2. The lowest BCUT2D eigenvalue weighted by molar-refractivity contribution is 0.0600. The van der Waals surface area contributed by atoms with Crippen LogP contribution in [-0.4, -0.2) is 35.0 Å². The third-order valence-corrected chi connectivity index (χ3v) is 4.57. The van der Waals surface area contributed by atoms with Crippen LogP contribution in [-0.2, 0) is 4.74 Å². The van der Waals surface area contributed by atoms with Crippen LogP contribution in [0.1, 0.15) is 46.5 Å². The number of halogens is 1. The molecule has 1 heterocycles. The number of nitrogens with zero attached hydrogens (tertiary/aromatic N) is 2. The van der Waals surface area contributed by atoms with E-state index in [1.807, 2.05) is 0 Å². The summed E-state index contributed by atoms with van der Waals surface area (Å²) in [5.41, 5.74) is 1.11. The highest BCUT2D eigenvalue weighted by Gasteiger charge is 2.19. The van der Waals surface area contributed by atoms with Crippen molar-refractivity contribution in [3.8, 4) is 0 Å². The second kappa shape index (κ2) is 8.14. The number of methoxy groups -OCH3 is 1. The normalized spacial score (nSPS) is 14.1. The topological polar surface area (TPSA) is 93.2 Å². The Hall–Kier alpha value is -2.67. The zero-order valence-corrected chi connectivity index (χ0v) is 15.0. The van der Waals surface area contributed by atoms with Crippen LogP contribution in [0.4, 0.5) is 11.5 Å². The highest BCUT2D eigenvalue weighted by Crippen LogP contribution is 2.26. The lowest BCUT2D eigenvalue weighted by Gasteiger charge is -2.12. The maximum atomic E-state index is 12.3. The average Bonchev–Trinajstić information content (AvgIpc) is 3.16. The Morgan fingerprint density at radius 1 is 1.19 bits per heavy atom. The first-order valence-electron chi connectivity index (χ1n) is 8.34. The van der Waals surface area contributed by atoms with Gasteiger partial charge in [0.1, 0.15) is 17.8 Å². The number of benzene rings is 1. The van der Waals surface area contributed by atoms with Gasteiger partial charge < -0.3 is 15.4 Å². The van der Waals surface area contributed by atoms with E-state index in [1.165, 1.54) is 13.4 Å². The Kier molecular flexibility index (Phi) is 5.68. The molecular formula is C18H19ClN4O3. The van der Waals surface area contributed by atoms with Crippen molar-refractivity contribution in [2.24, 2.45) is 0 Å². The Morgan fingerprint density at radius 3 is 2.69 bits per heavy atom. The number of ether oxygens (including phenoxy) is 1. The molecule has 1 amide bonds. The lowest BCUT2D eigenvalue weighted by Crippen LogP contribution is -2.33. The monoisotopic (exact) mass is 374 g/mol. The molecule has 1 aliphatic rings. The highest BCUT2D eigenvalue weighted by atomic mass is 35.5. The largest absolute Gasteiger partial charge is 0.465 e. The summed E-state index contributed by atoms with van der Waals surface area (Å²) in [6, 6.07) is 6.48. The van der Waals surface area contributed by atoms with E-state index in [1.54, 1.807) is 24.3 Å². The van der Waals surface area contributed by atoms with Gasteiger partial charge in [0.2, 0.25) is 0 Å². The third-order valence-electron chi connectivity index (χ3n) is 4.24. The van der Waals surface area contributed by atoms with Gasteiger partial charge in [0.25, 0.3) is 5.91 Å². The van der Waals surface area contributed by atoms with E-state index in [4.69, 9.17) is 16.3 Å². The second-order valence-electron chi connectivity index (χ2n) is 6.05. The van der Waals surface area contributed by atoms with Crippen molar-refractivity contribution in [3.63, 3.8) is 0 Å². The summed E-state index contributed by atoms with van der Waals surface area (Å²) in [5.74, 6) is -0.290. The molecule has 0 radical (unpaired) electrons. The van der Waals surface area contributed by atoms with Gasteiger partial charge in [-0.1, -0.05) is 24.4 Å². The molecule has 136 valence electrons. The summed E-state index contributed by atoms with van der Waals surface area (Å²) in [4.78, 5) is 32.1. The molecule has 0 unspecified atom stereocenters. The Labute approximate surface area is 156 Å². The summed E-state index contributed by atoms with van der Waals surface area (Å²) >= 11 is 6.17. The summed E-state index contributed by atoms with van der Waals surface area (Å²) in [6.45, 7) is 0. The first-order chi connectivity index (χ1) is 12.6. The number of rotatable bonds is 5. The van der Waals surface area contributed by atoms with Gasteiger partial charge in [-0.3, -0.25) is 4.79 Å². The average molecular weight is 375 g/mol. The van der Waals surface area contributed by atoms with Crippen molar-refractivity contribution in [2.45, 2.75) is 31.7 Å². The smallest absolute Gasteiger partial charge is 0.337 e. The predicted octanol–water partition coefficient (Wildman–Crippen LogP) is 3.33. The minimum Gasteiger partial charge on any atom is -0.465 e. The van der Waals surface area contributed by atoms with Crippen LogP contribution in [0.3, 0.4) is 0 Å². The van der Waals surface area contributed by atoms with E-state index in [9.17, 15) is 9.59 Å². The summed E-state index contributed by atoms with van der Waals surface area (Å²) < 4.78 is 4.71. The molecule has 26 heavy (non-hydrogen) atoms. The van der Waals surface area contributed by atoms with Gasteiger partial charge in [0.15, 0.2) is 0 Å². The molecule has 0 aliphatic heterocycles. The molecule has 0 saturated heterocycles. The van der Waals surface area contributed by atoms with Gasteiger partial charge in [-0.15, -0.1) is 0 Å². The minimum absolute atomic E-state index is 0.208. The van der Waals surface area contributed by atoms with Crippen LogP contribution in [0.25, 0.3) is 0 Å². The van der Waals surface area contributed by atoms with Gasteiger partial charge in [-0.2, -0.15) is 0 Å². The second-order valence-corrected chi connectivity index (χ2v) is 6.46. The van der Waals surface area contributed by atoms with Crippen LogP contribution >= 0.6 is 11.6 Å². The van der Waals surface area contributed by atoms with Crippen molar-refractivity contribution in [2.75, 3.05) is 12.4 Å². The number of anilines is 2. The van der Waals surface area contributed by atoms with E-state index in [2.05, 4.69) is 20.6 Å².